The molecule has 0 bridgehead atoms. The van der Waals surface area contributed by atoms with Crippen molar-refractivity contribution in [3.63, 3.8) is 0 Å². The summed E-state index contributed by atoms with van der Waals surface area (Å²) in [5.74, 6) is 0. The molecule has 0 amide bonds. The Morgan fingerprint density at radius 1 is 1.17 bits per heavy atom. The lowest BCUT2D eigenvalue weighted by Gasteiger charge is -2.35. The van der Waals surface area contributed by atoms with Crippen LogP contribution in [0.1, 0.15) is 39.2 Å². The van der Waals surface area contributed by atoms with E-state index in [1.807, 2.05) is 18.2 Å². The van der Waals surface area contributed by atoms with E-state index in [0.29, 0.717) is 13.2 Å². The Kier molecular flexibility index (Phi) is 8.67. The predicted molar refractivity (Wildman–Crippen MR) is 107 cm³/mol. The van der Waals surface area contributed by atoms with Gasteiger partial charge in [-0.05, 0) is 36.5 Å². The van der Waals surface area contributed by atoms with Crippen molar-refractivity contribution < 1.29 is 9.16 Å². The van der Waals surface area contributed by atoms with Crippen LogP contribution in [0.25, 0.3) is 0 Å². The normalized spacial score (nSPS) is 12.7. The maximum atomic E-state index is 6.12. The molecule has 0 saturated heterocycles. The molecular weight excluding hydrogens is 312 g/mol. The van der Waals surface area contributed by atoms with Crippen LogP contribution in [-0.4, -0.2) is 21.5 Å². The van der Waals surface area contributed by atoms with Gasteiger partial charge in [0, 0.05) is 6.61 Å². The summed E-state index contributed by atoms with van der Waals surface area (Å²) in [5, 5.41) is 0.258. The van der Waals surface area contributed by atoms with Crippen molar-refractivity contribution in [1.82, 2.24) is 0 Å². The molecule has 0 heterocycles. The zero-order valence-corrected chi connectivity index (χ0v) is 17.1. The van der Waals surface area contributed by atoms with Crippen molar-refractivity contribution in [3.8, 4) is 0 Å². The molecule has 0 unspecified atom stereocenters. The molecule has 2 nitrogen and oxygen atoms in total. The Hall–Kier alpha value is -1.16. The van der Waals surface area contributed by atoms with Gasteiger partial charge >= 0.3 is 0 Å². The molecule has 0 atom stereocenters. The first kappa shape index (κ1) is 20.9. The van der Waals surface area contributed by atoms with E-state index >= 15 is 0 Å². The number of hydrogen-bond donors (Lipinski definition) is 0. The van der Waals surface area contributed by atoms with Crippen LogP contribution in [0.2, 0.25) is 18.1 Å². The van der Waals surface area contributed by atoms with Crippen molar-refractivity contribution >= 4 is 8.32 Å². The summed E-state index contributed by atoms with van der Waals surface area (Å²) < 4.78 is 11.8. The molecule has 0 aliphatic heterocycles. The Labute approximate surface area is 149 Å². The van der Waals surface area contributed by atoms with Gasteiger partial charge in [0.1, 0.15) is 0 Å². The fraction of sp³-hybridized carbons (Fsp3) is 0.524. The van der Waals surface area contributed by atoms with Crippen molar-refractivity contribution in [1.29, 1.82) is 0 Å². The first-order chi connectivity index (χ1) is 11.2. The molecule has 1 aromatic carbocycles. The standard InChI is InChI=1S/C21H34O2Si/c1-19(13-11-17-23-24(5,6)21(2,3)4)12-10-16-22-18-20-14-8-7-9-15-20/h7-9,11,13-15H,1,10,12,16-18H2,2-6H3/b13-11+. The Morgan fingerprint density at radius 3 is 2.46 bits per heavy atom. The van der Waals surface area contributed by atoms with Gasteiger partial charge in [-0.15, -0.1) is 0 Å². The first-order valence-electron chi connectivity index (χ1n) is 8.82. The van der Waals surface area contributed by atoms with Crippen LogP contribution in [0.3, 0.4) is 0 Å². The fourth-order valence-corrected chi connectivity index (χ4v) is 2.88. The summed E-state index contributed by atoms with van der Waals surface area (Å²) in [4.78, 5) is 0. The molecule has 1 aromatic rings. The Morgan fingerprint density at radius 2 is 1.83 bits per heavy atom. The van der Waals surface area contributed by atoms with Crippen LogP contribution in [0, 0.1) is 0 Å². The predicted octanol–water partition coefficient (Wildman–Crippen LogP) is 6.12. The van der Waals surface area contributed by atoms with E-state index in [9.17, 15) is 0 Å². The number of rotatable bonds is 10. The van der Waals surface area contributed by atoms with E-state index in [1.165, 1.54) is 5.56 Å². The van der Waals surface area contributed by atoms with Crippen LogP contribution < -0.4 is 0 Å². The topological polar surface area (TPSA) is 18.5 Å². The Bertz CT molecular complexity index is 512. The summed E-state index contributed by atoms with van der Waals surface area (Å²) >= 11 is 0. The molecule has 0 saturated carbocycles. The van der Waals surface area contributed by atoms with Crippen LogP contribution in [0.4, 0.5) is 0 Å². The third kappa shape index (κ3) is 8.09. The minimum atomic E-state index is -1.65. The number of benzene rings is 1. The molecule has 1 rings (SSSR count). The average Bonchev–Trinajstić information content (AvgIpc) is 2.51. The van der Waals surface area contributed by atoms with Gasteiger partial charge in [-0.2, -0.15) is 0 Å². The minimum absolute atomic E-state index is 0.258. The molecule has 3 heteroatoms. The van der Waals surface area contributed by atoms with Crippen molar-refractivity contribution in [2.24, 2.45) is 0 Å². The molecule has 0 aromatic heterocycles. The lowest BCUT2D eigenvalue weighted by atomic mass is 10.1. The fourth-order valence-electron chi connectivity index (χ4n) is 1.94. The molecule has 134 valence electrons. The van der Waals surface area contributed by atoms with Gasteiger partial charge in [-0.25, -0.2) is 0 Å². The highest BCUT2D eigenvalue weighted by Crippen LogP contribution is 2.36. The lowest BCUT2D eigenvalue weighted by Crippen LogP contribution is -2.40. The van der Waals surface area contributed by atoms with E-state index in [1.54, 1.807) is 0 Å². The van der Waals surface area contributed by atoms with Crippen molar-refractivity contribution in [2.45, 2.75) is 58.4 Å². The number of hydrogen-bond acceptors (Lipinski definition) is 2. The SMILES string of the molecule is C=C(/C=C/CO[Si](C)(C)C(C)(C)C)CCCOCc1ccccc1. The summed E-state index contributed by atoms with van der Waals surface area (Å²) in [6, 6.07) is 10.3. The highest BCUT2D eigenvalue weighted by Gasteiger charge is 2.36. The highest BCUT2D eigenvalue weighted by atomic mass is 28.4. The second-order valence-corrected chi connectivity index (χ2v) is 12.6. The van der Waals surface area contributed by atoms with Gasteiger partial charge in [0.25, 0.3) is 0 Å². The van der Waals surface area contributed by atoms with Crippen molar-refractivity contribution in [3.05, 3.63) is 60.2 Å². The second-order valence-electron chi connectivity index (χ2n) is 7.77. The molecule has 24 heavy (non-hydrogen) atoms. The molecule has 0 spiro atoms. The van der Waals surface area contributed by atoms with Gasteiger partial charge in [0.2, 0.25) is 0 Å². The van der Waals surface area contributed by atoms with Crippen LogP contribution in [-0.2, 0) is 15.8 Å². The molecule has 0 radical (unpaired) electrons. The van der Waals surface area contributed by atoms with Crippen LogP contribution >= 0.6 is 0 Å². The van der Waals surface area contributed by atoms with E-state index in [4.69, 9.17) is 9.16 Å². The molecule has 0 aliphatic carbocycles. The molecule has 0 fully saturated rings. The maximum absolute atomic E-state index is 6.12. The zero-order valence-electron chi connectivity index (χ0n) is 16.1. The van der Waals surface area contributed by atoms with E-state index < -0.39 is 8.32 Å². The first-order valence-corrected chi connectivity index (χ1v) is 11.7. The number of allylic oxidation sites excluding steroid dienone is 2. The van der Waals surface area contributed by atoms with Gasteiger partial charge in [0.15, 0.2) is 8.32 Å². The monoisotopic (exact) mass is 346 g/mol. The van der Waals surface area contributed by atoms with Gasteiger partial charge in [-0.3, -0.25) is 0 Å². The van der Waals surface area contributed by atoms with Crippen molar-refractivity contribution in [2.75, 3.05) is 13.2 Å². The van der Waals surface area contributed by atoms with E-state index in [2.05, 4.69) is 64.7 Å². The number of ether oxygens (including phenoxy) is 1. The summed E-state index contributed by atoms with van der Waals surface area (Å²) in [6.45, 7) is 17.6. The largest absolute Gasteiger partial charge is 0.413 e. The van der Waals surface area contributed by atoms with E-state index in [0.717, 1.165) is 25.0 Å². The maximum Gasteiger partial charge on any atom is 0.192 e. The lowest BCUT2D eigenvalue weighted by molar-refractivity contribution is 0.119. The second kappa shape index (κ2) is 9.97. The summed E-state index contributed by atoms with van der Waals surface area (Å²) in [6.07, 6.45) is 6.14. The molecule has 0 N–H and O–H groups in total. The molecular formula is C21H34O2Si. The smallest absolute Gasteiger partial charge is 0.192 e. The van der Waals surface area contributed by atoms with Gasteiger partial charge < -0.3 is 9.16 Å². The summed E-state index contributed by atoms with van der Waals surface area (Å²) in [5.41, 5.74) is 2.36. The van der Waals surface area contributed by atoms with Crippen LogP contribution in [0.5, 0.6) is 0 Å². The quantitative estimate of drug-likeness (QED) is 0.289. The third-order valence-corrected chi connectivity index (χ3v) is 9.10. The molecule has 0 aliphatic rings. The van der Waals surface area contributed by atoms with E-state index in [-0.39, 0.29) is 5.04 Å². The minimum Gasteiger partial charge on any atom is -0.413 e. The average molecular weight is 347 g/mol. The summed E-state index contributed by atoms with van der Waals surface area (Å²) in [7, 11) is -1.65. The Balaban J connectivity index is 2.13. The zero-order chi connectivity index (χ0) is 18.1. The van der Waals surface area contributed by atoms with Crippen LogP contribution in [0.15, 0.2) is 54.6 Å². The third-order valence-electron chi connectivity index (χ3n) is 4.60. The van der Waals surface area contributed by atoms with Gasteiger partial charge in [0.05, 0.1) is 13.2 Å². The van der Waals surface area contributed by atoms with Gasteiger partial charge in [-0.1, -0.05) is 75.4 Å². The highest BCUT2D eigenvalue weighted by molar-refractivity contribution is 6.74.